The van der Waals surface area contributed by atoms with Crippen LogP contribution in [0.15, 0.2) is 47.3 Å². The molecule has 0 saturated heterocycles. The summed E-state index contributed by atoms with van der Waals surface area (Å²) in [4.78, 5) is 16.8. The predicted octanol–water partition coefficient (Wildman–Crippen LogP) is 5.38. The number of benzene rings is 2. The van der Waals surface area contributed by atoms with Gasteiger partial charge in [-0.15, -0.1) is 0 Å². The number of fused-ring (bicyclic) bond motifs is 2. The van der Waals surface area contributed by atoms with Crippen molar-refractivity contribution in [3.8, 4) is 0 Å². The van der Waals surface area contributed by atoms with E-state index in [1.807, 2.05) is 0 Å². The molecule has 0 aliphatic carbocycles. The second-order valence-electron chi connectivity index (χ2n) is 6.66. The van der Waals surface area contributed by atoms with E-state index in [2.05, 4.69) is 4.98 Å². The van der Waals surface area contributed by atoms with Gasteiger partial charge in [-0.2, -0.15) is 26.3 Å². The minimum atomic E-state index is -4.58. The zero-order valence-corrected chi connectivity index (χ0v) is 14.6. The van der Waals surface area contributed by atoms with Crippen LogP contribution in [0, 0.1) is 0 Å². The Hall–Kier alpha value is -3.10. The number of nitrogens with zero attached hydrogens (tertiary/aromatic N) is 2. The molecule has 0 radical (unpaired) electrons. The van der Waals surface area contributed by atoms with Crippen molar-refractivity contribution in [2.24, 2.45) is 0 Å². The first-order valence-electron chi connectivity index (χ1n) is 8.54. The van der Waals surface area contributed by atoms with Crippen molar-refractivity contribution < 1.29 is 26.3 Å². The maximum atomic E-state index is 13.0. The molecule has 2 aromatic carbocycles. The van der Waals surface area contributed by atoms with Gasteiger partial charge in [0.1, 0.15) is 5.82 Å². The molecule has 0 fully saturated rings. The fraction of sp³-hybridized carbons (Fsp3) is 0.200. The topological polar surface area (TPSA) is 34.9 Å². The molecule has 0 atom stereocenters. The van der Waals surface area contributed by atoms with Crippen molar-refractivity contribution in [1.29, 1.82) is 0 Å². The Balaban J connectivity index is 1.84. The third-order valence-electron chi connectivity index (χ3n) is 4.73. The lowest BCUT2D eigenvalue weighted by molar-refractivity contribution is -0.138. The summed E-state index contributed by atoms with van der Waals surface area (Å²) < 4.78 is 79.0. The van der Waals surface area contributed by atoms with Crippen LogP contribution < -0.4 is 5.56 Å². The van der Waals surface area contributed by atoms with Crippen LogP contribution >= 0.6 is 0 Å². The van der Waals surface area contributed by atoms with Gasteiger partial charge in [0.2, 0.25) is 0 Å². The molecule has 0 spiro atoms. The summed E-state index contributed by atoms with van der Waals surface area (Å²) in [6.45, 7) is 0.253. The summed E-state index contributed by atoms with van der Waals surface area (Å²) in [5, 5.41) is 0.0575. The first-order valence-corrected chi connectivity index (χ1v) is 8.54. The highest BCUT2D eigenvalue weighted by Gasteiger charge is 2.32. The monoisotopic (exact) mass is 410 g/mol. The lowest BCUT2D eigenvalue weighted by atomic mass is 10.1. The summed E-state index contributed by atoms with van der Waals surface area (Å²) in [5.41, 5.74) is -1.58. The van der Waals surface area contributed by atoms with Gasteiger partial charge in [0, 0.05) is 6.54 Å². The smallest absolute Gasteiger partial charge is 0.292 e. The molecular formula is C20H12F6N2O. The van der Waals surface area contributed by atoms with Gasteiger partial charge in [-0.25, -0.2) is 4.98 Å². The summed E-state index contributed by atoms with van der Waals surface area (Å²) in [6, 6.07) is 7.38. The molecule has 9 heteroatoms. The average Bonchev–Trinajstić information content (AvgIpc) is 3.03. The molecule has 0 amide bonds. The van der Waals surface area contributed by atoms with Gasteiger partial charge in [-0.3, -0.25) is 9.36 Å². The zero-order chi connectivity index (χ0) is 21.0. The number of hydrogen-bond acceptors (Lipinski definition) is 2. The van der Waals surface area contributed by atoms with Crippen LogP contribution in [-0.2, 0) is 18.9 Å². The Morgan fingerprint density at radius 3 is 2.31 bits per heavy atom. The van der Waals surface area contributed by atoms with E-state index in [-0.39, 0.29) is 28.8 Å². The van der Waals surface area contributed by atoms with E-state index in [0.717, 1.165) is 30.3 Å². The number of alkyl halides is 6. The molecule has 3 nitrogen and oxygen atoms in total. The molecule has 1 aromatic heterocycles. The van der Waals surface area contributed by atoms with Gasteiger partial charge in [0.15, 0.2) is 0 Å². The number of allylic oxidation sites excluding steroid dienone is 1. The second kappa shape index (κ2) is 6.47. The predicted molar refractivity (Wildman–Crippen MR) is 94.9 cm³/mol. The minimum absolute atomic E-state index is 0.0575. The van der Waals surface area contributed by atoms with Gasteiger partial charge < -0.3 is 0 Å². The first-order chi connectivity index (χ1) is 13.5. The molecule has 2 heterocycles. The molecule has 0 unspecified atom stereocenters. The zero-order valence-electron chi connectivity index (χ0n) is 14.6. The Morgan fingerprint density at radius 2 is 1.62 bits per heavy atom. The van der Waals surface area contributed by atoms with E-state index < -0.39 is 29.0 Å². The van der Waals surface area contributed by atoms with Gasteiger partial charge in [-0.1, -0.05) is 12.1 Å². The van der Waals surface area contributed by atoms with Gasteiger partial charge in [-0.05, 0) is 54.0 Å². The highest BCUT2D eigenvalue weighted by atomic mass is 19.4. The van der Waals surface area contributed by atoms with Crippen molar-refractivity contribution in [2.45, 2.75) is 25.3 Å². The lowest BCUT2D eigenvalue weighted by Gasteiger charge is -2.10. The maximum Gasteiger partial charge on any atom is 0.416 e. The van der Waals surface area contributed by atoms with Gasteiger partial charge >= 0.3 is 12.4 Å². The third kappa shape index (κ3) is 3.52. The van der Waals surface area contributed by atoms with Crippen molar-refractivity contribution >= 4 is 22.6 Å². The Labute approximate surface area is 159 Å². The largest absolute Gasteiger partial charge is 0.416 e. The lowest BCUT2D eigenvalue weighted by Crippen LogP contribution is -2.21. The van der Waals surface area contributed by atoms with E-state index in [9.17, 15) is 31.1 Å². The Morgan fingerprint density at radius 1 is 0.931 bits per heavy atom. The van der Waals surface area contributed by atoms with Crippen LogP contribution in [0.4, 0.5) is 26.3 Å². The molecule has 4 rings (SSSR count). The number of halogens is 6. The van der Waals surface area contributed by atoms with E-state index in [1.165, 1.54) is 22.8 Å². The van der Waals surface area contributed by atoms with Crippen LogP contribution in [0.25, 0.3) is 22.6 Å². The van der Waals surface area contributed by atoms with Crippen LogP contribution in [0.1, 0.15) is 28.9 Å². The SMILES string of the molecule is O=c1c2ccc(C(F)(F)F)cc2nc2n1CC/C2=C\c1cccc(C(F)(F)F)c1. The average molecular weight is 410 g/mol. The van der Waals surface area contributed by atoms with E-state index in [4.69, 9.17) is 0 Å². The molecule has 0 N–H and O–H groups in total. The Bertz CT molecular complexity index is 1200. The number of aromatic nitrogens is 2. The van der Waals surface area contributed by atoms with Gasteiger partial charge in [0.05, 0.1) is 22.0 Å². The van der Waals surface area contributed by atoms with Crippen LogP contribution in [0.3, 0.4) is 0 Å². The van der Waals surface area contributed by atoms with Crippen molar-refractivity contribution in [2.75, 3.05) is 0 Å². The fourth-order valence-corrected chi connectivity index (χ4v) is 3.34. The summed E-state index contributed by atoms with van der Waals surface area (Å²) >= 11 is 0. The highest BCUT2D eigenvalue weighted by Crippen LogP contribution is 2.33. The summed E-state index contributed by atoms with van der Waals surface area (Å²) in [6.07, 6.45) is -7.27. The summed E-state index contributed by atoms with van der Waals surface area (Å²) in [5.74, 6) is 0.166. The fourth-order valence-electron chi connectivity index (χ4n) is 3.34. The molecule has 150 valence electrons. The highest BCUT2D eigenvalue weighted by molar-refractivity contribution is 5.85. The normalized spacial score (nSPS) is 15.9. The standard InChI is InChI=1S/C20H12F6N2O/c21-19(22,23)13-3-1-2-11(9-13)8-12-6-7-28-17(12)27-16-10-14(20(24,25)26)4-5-15(16)18(28)29/h1-5,8-10H,6-7H2/b12-8+. The molecule has 1 aliphatic heterocycles. The van der Waals surface area contributed by atoms with E-state index >= 15 is 0 Å². The third-order valence-corrected chi connectivity index (χ3v) is 4.73. The van der Waals surface area contributed by atoms with Crippen LogP contribution in [0.5, 0.6) is 0 Å². The number of hydrogen-bond donors (Lipinski definition) is 0. The van der Waals surface area contributed by atoms with Crippen LogP contribution in [0.2, 0.25) is 0 Å². The molecule has 3 aromatic rings. The Kier molecular flexibility index (Phi) is 4.29. The van der Waals surface area contributed by atoms with E-state index in [1.54, 1.807) is 0 Å². The second-order valence-corrected chi connectivity index (χ2v) is 6.66. The van der Waals surface area contributed by atoms with Crippen LogP contribution in [-0.4, -0.2) is 9.55 Å². The molecule has 0 saturated carbocycles. The molecule has 1 aliphatic rings. The molecular weight excluding hydrogens is 398 g/mol. The van der Waals surface area contributed by atoms with Crippen molar-refractivity contribution in [1.82, 2.24) is 9.55 Å². The van der Waals surface area contributed by atoms with Crippen molar-refractivity contribution in [3.05, 3.63) is 75.3 Å². The molecule has 0 bridgehead atoms. The quantitative estimate of drug-likeness (QED) is 0.505. The minimum Gasteiger partial charge on any atom is -0.292 e. The van der Waals surface area contributed by atoms with Crippen molar-refractivity contribution in [3.63, 3.8) is 0 Å². The summed E-state index contributed by atoms with van der Waals surface area (Å²) in [7, 11) is 0. The maximum absolute atomic E-state index is 13.0. The van der Waals surface area contributed by atoms with E-state index in [0.29, 0.717) is 12.0 Å². The first kappa shape index (κ1) is 19.2. The van der Waals surface area contributed by atoms with Gasteiger partial charge in [0.25, 0.3) is 5.56 Å². The number of rotatable bonds is 1. The molecule has 29 heavy (non-hydrogen) atoms.